The Balaban J connectivity index is 1.60. The van der Waals surface area contributed by atoms with Crippen LogP contribution in [0.4, 0.5) is 0 Å². The summed E-state index contributed by atoms with van der Waals surface area (Å²) in [6, 6.07) is 0.489. The zero-order valence-electron chi connectivity index (χ0n) is 11.9. The lowest BCUT2D eigenvalue weighted by molar-refractivity contribution is -0.121. The second kappa shape index (κ2) is 7.82. The van der Waals surface area contributed by atoms with Crippen molar-refractivity contribution in [3.8, 4) is 0 Å². The molecule has 1 amide bonds. The van der Waals surface area contributed by atoms with E-state index in [1.165, 1.54) is 25.8 Å². The molecule has 1 saturated carbocycles. The van der Waals surface area contributed by atoms with Crippen molar-refractivity contribution < 1.29 is 4.79 Å². The Morgan fingerprint density at radius 2 is 1.79 bits per heavy atom. The van der Waals surface area contributed by atoms with Crippen molar-refractivity contribution in [2.45, 2.75) is 38.1 Å². The van der Waals surface area contributed by atoms with Gasteiger partial charge in [-0.2, -0.15) is 0 Å². The van der Waals surface area contributed by atoms with Crippen LogP contribution < -0.4 is 11.1 Å². The molecule has 0 unspecified atom stereocenters. The first-order chi connectivity index (χ1) is 9.28. The number of carbonyl (C=O) groups is 1. The van der Waals surface area contributed by atoms with Gasteiger partial charge in [-0.25, -0.2) is 0 Å². The minimum atomic E-state index is 0.228. The highest BCUT2D eigenvalue weighted by Gasteiger charge is 2.23. The van der Waals surface area contributed by atoms with Crippen molar-refractivity contribution in [1.29, 1.82) is 0 Å². The number of amides is 1. The molecular formula is C14H28N4O. The fourth-order valence-corrected chi connectivity index (χ4v) is 2.57. The Hall–Kier alpha value is -0.650. The lowest BCUT2D eigenvalue weighted by Gasteiger charge is -2.21. The largest absolute Gasteiger partial charge is 0.353 e. The first kappa shape index (κ1) is 14.8. The van der Waals surface area contributed by atoms with Crippen LogP contribution >= 0.6 is 0 Å². The molecule has 0 atom stereocenters. The number of carbonyl (C=O) groups excluding carboxylic acids is 1. The van der Waals surface area contributed by atoms with E-state index in [4.69, 9.17) is 5.73 Å². The third-order valence-corrected chi connectivity index (χ3v) is 3.96. The summed E-state index contributed by atoms with van der Waals surface area (Å²) in [5, 5.41) is 3.06. The van der Waals surface area contributed by atoms with Crippen LogP contribution in [-0.2, 0) is 4.79 Å². The summed E-state index contributed by atoms with van der Waals surface area (Å²) in [7, 11) is 0. The molecule has 0 bridgehead atoms. The van der Waals surface area contributed by atoms with Crippen LogP contribution in [-0.4, -0.2) is 67.6 Å². The Kier molecular flexibility index (Phi) is 6.07. The van der Waals surface area contributed by atoms with Crippen LogP contribution in [0.2, 0.25) is 0 Å². The number of nitrogens with zero attached hydrogens (tertiary/aromatic N) is 2. The quantitative estimate of drug-likeness (QED) is 0.683. The highest BCUT2D eigenvalue weighted by atomic mass is 16.1. The fraction of sp³-hybridized carbons (Fsp3) is 0.929. The zero-order chi connectivity index (χ0) is 13.5. The maximum Gasteiger partial charge on any atom is 0.221 e. The summed E-state index contributed by atoms with van der Waals surface area (Å²) in [4.78, 5) is 16.6. The highest BCUT2D eigenvalue weighted by molar-refractivity contribution is 5.76. The van der Waals surface area contributed by atoms with E-state index in [2.05, 4.69) is 15.1 Å². The molecule has 0 spiro atoms. The lowest BCUT2D eigenvalue weighted by Crippen LogP contribution is -2.35. The summed E-state index contributed by atoms with van der Waals surface area (Å²) < 4.78 is 0. The number of nitrogens with one attached hydrogen (secondary N) is 1. The van der Waals surface area contributed by atoms with Gasteiger partial charge in [0.25, 0.3) is 0 Å². The van der Waals surface area contributed by atoms with Gasteiger partial charge in [0.05, 0.1) is 0 Å². The molecule has 0 aromatic rings. The van der Waals surface area contributed by atoms with E-state index in [1.807, 2.05) is 0 Å². The van der Waals surface area contributed by atoms with E-state index in [0.717, 1.165) is 45.7 Å². The van der Waals surface area contributed by atoms with Gasteiger partial charge in [-0.1, -0.05) is 0 Å². The van der Waals surface area contributed by atoms with Gasteiger partial charge >= 0.3 is 0 Å². The maximum atomic E-state index is 11.7. The Labute approximate surface area is 116 Å². The molecule has 0 radical (unpaired) electrons. The van der Waals surface area contributed by atoms with E-state index in [9.17, 15) is 4.79 Å². The van der Waals surface area contributed by atoms with Gasteiger partial charge in [-0.3, -0.25) is 4.79 Å². The summed E-state index contributed by atoms with van der Waals surface area (Å²) in [6.07, 6.45) is 5.29. The van der Waals surface area contributed by atoms with E-state index in [-0.39, 0.29) is 5.91 Å². The maximum absolute atomic E-state index is 11.7. The van der Waals surface area contributed by atoms with E-state index < -0.39 is 0 Å². The van der Waals surface area contributed by atoms with Crippen molar-refractivity contribution >= 4 is 5.91 Å². The van der Waals surface area contributed by atoms with Gasteiger partial charge in [0.1, 0.15) is 0 Å². The second-order valence-electron chi connectivity index (χ2n) is 5.77. The van der Waals surface area contributed by atoms with Gasteiger partial charge in [0.15, 0.2) is 0 Å². The van der Waals surface area contributed by atoms with Gasteiger partial charge in [0.2, 0.25) is 5.91 Å². The van der Waals surface area contributed by atoms with Crippen LogP contribution in [0.15, 0.2) is 0 Å². The molecule has 2 rings (SSSR count). The van der Waals surface area contributed by atoms with Crippen LogP contribution in [0.5, 0.6) is 0 Å². The van der Waals surface area contributed by atoms with E-state index in [0.29, 0.717) is 12.5 Å². The molecule has 1 aliphatic heterocycles. The molecule has 5 heteroatoms. The molecule has 110 valence electrons. The third kappa shape index (κ3) is 5.89. The first-order valence-electron chi connectivity index (χ1n) is 7.72. The molecule has 2 fully saturated rings. The summed E-state index contributed by atoms with van der Waals surface area (Å²) in [5.74, 6) is 0.228. The van der Waals surface area contributed by atoms with E-state index in [1.54, 1.807) is 0 Å². The normalized spacial score (nSPS) is 22.2. The second-order valence-corrected chi connectivity index (χ2v) is 5.77. The predicted molar refractivity (Wildman–Crippen MR) is 77.0 cm³/mol. The monoisotopic (exact) mass is 268 g/mol. The minimum absolute atomic E-state index is 0.228. The SMILES string of the molecule is NCCCN1CCCN(CCC(=O)NC2CC2)CC1. The highest BCUT2D eigenvalue weighted by Crippen LogP contribution is 2.18. The predicted octanol–water partition coefficient (Wildman–Crippen LogP) is 0.0116. The van der Waals surface area contributed by atoms with Crippen molar-refractivity contribution in [3.05, 3.63) is 0 Å². The van der Waals surface area contributed by atoms with Crippen LogP contribution in [0, 0.1) is 0 Å². The Bertz CT molecular complexity index is 281. The Morgan fingerprint density at radius 1 is 1.11 bits per heavy atom. The topological polar surface area (TPSA) is 61.6 Å². The average Bonchev–Trinajstić information content (AvgIpc) is 3.21. The lowest BCUT2D eigenvalue weighted by atomic mass is 10.3. The van der Waals surface area contributed by atoms with Gasteiger partial charge in [-0.05, 0) is 51.9 Å². The zero-order valence-corrected chi connectivity index (χ0v) is 11.9. The Morgan fingerprint density at radius 3 is 2.42 bits per heavy atom. The van der Waals surface area contributed by atoms with Crippen LogP contribution in [0.3, 0.4) is 0 Å². The van der Waals surface area contributed by atoms with Gasteiger partial charge in [0, 0.05) is 32.1 Å². The first-order valence-corrected chi connectivity index (χ1v) is 7.72. The van der Waals surface area contributed by atoms with Crippen molar-refractivity contribution in [1.82, 2.24) is 15.1 Å². The van der Waals surface area contributed by atoms with Gasteiger partial charge in [-0.15, -0.1) is 0 Å². The molecule has 2 aliphatic rings. The standard InChI is InChI=1S/C14H28N4O/c15-6-1-7-17-8-2-9-18(12-11-17)10-5-14(19)16-13-3-4-13/h13H,1-12,15H2,(H,16,19). The average molecular weight is 268 g/mol. The molecule has 0 aromatic carbocycles. The molecule has 3 N–H and O–H groups in total. The number of hydrogen-bond acceptors (Lipinski definition) is 4. The van der Waals surface area contributed by atoms with Gasteiger partial charge < -0.3 is 20.9 Å². The van der Waals surface area contributed by atoms with E-state index >= 15 is 0 Å². The molecule has 5 nitrogen and oxygen atoms in total. The van der Waals surface area contributed by atoms with Crippen LogP contribution in [0.1, 0.15) is 32.1 Å². The molecule has 0 aromatic heterocycles. The number of rotatable bonds is 7. The summed E-state index contributed by atoms with van der Waals surface area (Å²) in [5.41, 5.74) is 5.56. The van der Waals surface area contributed by atoms with Crippen molar-refractivity contribution in [2.24, 2.45) is 5.73 Å². The molecular weight excluding hydrogens is 240 g/mol. The van der Waals surface area contributed by atoms with Crippen molar-refractivity contribution in [3.63, 3.8) is 0 Å². The smallest absolute Gasteiger partial charge is 0.221 e. The molecule has 1 saturated heterocycles. The molecule has 1 aliphatic carbocycles. The number of nitrogens with two attached hydrogens (primary N) is 1. The van der Waals surface area contributed by atoms with Crippen molar-refractivity contribution in [2.75, 3.05) is 45.8 Å². The number of hydrogen-bond donors (Lipinski definition) is 2. The van der Waals surface area contributed by atoms with Crippen LogP contribution in [0.25, 0.3) is 0 Å². The summed E-state index contributed by atoms with van der Waals surface area (Å²) in [6.45, 7) is 7.30. The molecule has 1 heterocycles. The fourth-order valence-electron chi connectivity index (χ4n) is 2.57. The molecule has 19 heavy (non-hydrogen) atoms. The summed E-state index contributed by atoms with van der Waals surface area (Å²) >= 11 is 0. The minimum Gasteiger partial charge on any atom is -0.353 e. The third-order valence-electron chi connectivity index (χ3n) is 3.96.